The highest BCUT2D eigenvalue weighted by atomic mass is 16.6. The van der Waals surface area contributed by atoms with Crippen LogP contribution in [0.3, 0.4) is 0 Å². The molecule has 6 nitrogen and oxygen atoms in total. The Labute approximate surface area is 147 Å². The van der Waals surface area contributed by atoms with Crippen LogP contribution in [-0.2, 0) is 22.5 Å². The zero-order valence-electron chi connectivity index (χ0n) is 14.7. The van der Waals surface area contributed by atoms with E-state index in [0.29, 0.717) is 12.1 Å². The van der Waals surface area contributed by atoms with E-state index in [0.717, 1.165) is 30.4 Å². The number of hydrogen-bond donors (Lipinski definition) is 2. The second-order valence-corrected chi connectivity index (χ2v) is 7.13. The van der Waals surface area contributed by atoms with Crippen LogP contribution in [0.2, 0.25) is 0 Å². The van der Waals surface area contributed by atoms with E-state index in [1.54, 1.807) is 0 Å². The van der Waals surface area contributed by atoms with E-state index in [2.05, 4.69) is 16.5 Å². The van der Waals surface area contributed by atoms with Crippen molar-refractivity contribution in [3.8, 4) is 0 Å². The Morgan fingerprint density at radius 2 is 2.04 bits per heavy atom. The Morgan fingerprint density at radius 3 is 2.72 bits per heavy atom. The van der Waals surface area contributed by atoms with Crippen LogP contribution >= 0.6 is 0 Å². The number of nitrogens with two attached hydrogens (primary N) is 1. The largest absolute Gasteiger partial charge is 0.382 e. The van der Waals surface area contributed by atoms with E-state index in [1.807, 2.05) is 26.0 Å². The van der Waals surface area contributed by atoms with Crippen molar-refractivity contribution in [2.75, 3.05) is 0 Å². The predicted octanol–water partition coefficient (Wildman–Crippen LogP) is 1.95. The van der Waals surface area contributed by atoms with E-state index >= 15 is 0 Å². The van der Waals surface area contributed by atoms with Crippen molar-refractivity contribution < 1.29 is 14.4 Å². The molecule has 6 heteroatoms. The summed E-state index contributed by atoms with van der Waals surface area (Å²) in [5.41, 5.74) is 9.12. The van der Waals surface area contributed by atoms with Crippen LogP contribution in [0, 0.1) is 5.92 Å². The molecule has 1 aliphatic carbocycles. The molecule has 0 fully saturated rings. The number of carbonyl (C=O) groups is 2. The second-order valence-electron chi connectivity index (χ2n) is 7.13. The minimum atomic E-state index is -0.738. The molecule has 0 bridgehead atoms. The van der Waals surface area contributed by atoms with Crippen LogP contribution in [-0.4, -0.2) is 29.7 Å². The summed E-state index contributed by atoms with van der Waals surface area (Å²) in [4.78, 5) is 29.3. The number of aryl methyl sites for hydroxylation is 1. The number of carbonyl (C=O) groups excluding carboxylic acids is 2. The van der Waals surface area contributed by atoms with Gasteiger partial charge in [-0.3, -0.25) is 9.59 Å². The topological polar surface area (TPSA) is 93.8 Å². The molecule has 2 amide bonds. The number of benzene rings is 1. The minimum Gasteiger partial charge on any atom is -0.382 e. The fourth-order valence-electron chi connectivity index (χ4n) is 3.58. The summed E-state index contributed by atoms with van der Waals surface area (Å²) >= 11 is 0. The van der Waals surface area contributed by atoms with Gasteiger partial charge in [-0.2, -0.15) is 0 Å². The van der Waals surface area contributed by atoms with Gasteiger partial charge in [-0.05, 0) is 48.8 Å². The Balaban J connectivity index is 1.77. The predicted molar refractivity (Wildman–Crippen MR) is 95.3 cm³/mol. The Bertz CT molecular complexity index is 712. The van der Waals surface area contributed by atoms with Gasteiger partial charge >= 0.3 is 0 Å². The maximum absolute atomic E-state index is 12.9. The first kappa shape index (κ1) is 17.5. The van der Waals surface area contributed by atoms with E-state index < -0.39 is 12.0 Å². The van der Waals surface area contributed by atoms with Crippen molar-refractivity contribution in [1.82, 2.24) is 5.32 Å². The van der Waals surface area contributed by atoms with Crippen molar-refractivity contribution in [2.45, 2.75) is 58.1 Å². The standard InChI is InChI=1S/C19H25N3O3/c1-11(2)17(15-10-16(18(20)23)25-22-15)21-19(24)14-9-5-7-12-6-3-4-8-13(12)14/h5,7,9,11,16-17H,3-4,6,8,10H2,1-2H3,(H2,20,23)(H,21,24)/t16?,17-/m0/s1. The van der Waals surface area contributed by atoms with Crippen molar-refractivity contribution in [3.05, 3.63) is 34.9 Å². The summed E-state index contributed by atoms with van der Waals surface area (Å²) in [6.45, 7) is 4.01. The number of rotatable bonds is 5. The lowest BCUT2D eigenvalue weighted by molar-refractivity contribution is -0.127. The monoisotopic (exact) mass is 343 g/mol. The number of hydrogen-bond acceptors (Lipinski definition) is 4. The lowest BCUT2D eigenvalue weighted by Gasteiger charge is -2.24. The van der Waals surface area contributed by atoms with Crippen LogP contribution in [0.1, 0.15) is 54.6 Å². The number of primary amides is 1. The normalized spacial score (nSPS) is 20.4. The third kappa shape index (κ3) is 3.67. The van der Waals surface area contributed by atoms with Crippen LogP contribution in [0.5, 0.6) is 0 Å². The molecule has 3 rings (SSSR count). The molecule has 1 aromatic carbocycles. The lowest BCUT2D eigenvalue weighted by atomic mass is 9.87. The van der Waals surface area contributed by atoms with Gasteiger partial charge in [-0.25, -0.2) is 0 Å². The highest BCUT2D eigenvalue weighted by molar-refractivity contribution is 6.02. The van der Waals surface area contributed by atoms with Crippen LogP contribution in [0.25, 0.3) is 0 Å². The molecule has 134 valence electrons. The van der Waals surface area contributed by atoms with Crippen molar-refractivity contribution in [1.29, 1.82) is 0 Å². The summed E-state index contributed by atoms with van der Waals surface area (Å²) in [5.74, 6) is -0.509. The average Bonchev–Trinajstić information content (AvgIpc) is 3.08. The zero-order valence-corrected chi connectivity index (χ0v) is 14.7. The molecule has 1 unspecified atom stereocenters. The summed E-state index contributed by atoms with van der Waals surface area (Å²) in [5, 5.41) is 7.08. The Hall–Kier alpha value is -2.37. The number of oxime groups is 1. The molecule has 3 N–H and O–H groups in total. The van der Waals surface area contributed by atoms with Gasteiger partial charge in [0.2, 0.25) is 6.10 Å². The molecule has 1 aliphatic heterocycles. The molecular formula is C19H25N3O3. The van der Waals surface area contributed by atoms with Crippen molar-refractivity contribution in [2.24, 2.45) is 16.8 Å². The molecular weight excluding hydrogens is 318 g/mol. The third-order valence-corrected chi connectivity index (χ3v) is 4.96. The van der Waals surface area contributed by atoms with Crippen LogP contribution in [0.15, 0.2) is 23.4 Å². The minimum absolute atomic E-state index is 0.0947. The molecule has 2 aliphatic rings. The lowest BCUT2D eigenvalue weighted by Crippen LogP contribution is -2.45. The Morgan fingerprint density at radius 1 is 1.28 bits per heavy atom. The van der Waals surface area contributed by atoms with E-state index in [-0.39, 0.29) is 17.9 Å². The molecule has 1 heterocycles. The van der Waals surface area contributed by atoms with Gasteiger partial charge in [0, 0.05) is 12.0 Å². The van der Waals surface area contributed by atoms with Gasteiger partial charge < -0.3 is 15.9 Å². The number of nitrogens with one attached hydrogen (secondary N) is 1. The first-order chi connectivity index (χ1) is 12.0. The molecule has 1 aromatic rings. The third-order valence-electron chi connectivity index (χ3n) is 4.96. The van der Waals surface area contributed by atoms with Gasteiger partial charge in [0.25, 0.3) is 11.8 Å². The molecule has 0 radical (unpaired) electrons. The maximum Gasteiger partial charge on any atom is 0.261 e. The molecule has 0 saturated heterocycles. The van der Waals surface area contributed by atoms with Crippen LogP contribution in [0.4, 0.5) is 0 Å². The first-order valence-corrected chi connectivity index (χ1v) is 8.91. The molecule has 25 heavy (non-hydrogen) atoms. The van der Waals surface area contributed by atoms with Gasteiger partial charge in [-0.1, -0.05) is 31.1 Å². The van der Waals surface area contributed by atoms with Crippen LogP contribution < -0.4 is 11.1 Å². The van der Waals surface area contributed by atoms with Crippen molar-refractivity contribution in [3.63, 3.8) is 0 Å². The average molecular weight is 343 g/mol. The van der Waals surface area contributed by atoms with E-state index in [9.17, 15) is 9.59 Å². The van der Waals surface area contributed by atoms with Gasteiger partial charge in [-0.15, -0.1) is 0 Å². The fourth-order valence-corrected chi connectivity index (χ4v) is 3.58. The number of fused-ring (bicyclic) bond motifs is 1. The highest BCUT2D eigenvalue weighted by Crippen LogP contribution is 2.25. The van der Waals surface area contributed by atoms with Crippen molar-refractivity contribution >= 4 is 17.5 Å². The maximum atomic E-state index is 12.9. The van der Waals surface area contributed by atoms with Gasteiger partial charge in [0.05, 0.1) is 11.8 Å². The summed E-state index contributed by atoms with van der Waals surface area (Å²) in [7, 11) is 0. The SMILES string of the molecule is CC(C)[C@H](NC(=O)c1cccc2c1CCCC2)C1=NOC(C(N)=O)C1. The summed E-state index contributed by atoms with van der Waals surface area (Å²) < 4.78 is 0. The van der Waals surface area contributed by atoms with E-state index in [1.165, 1.54) is 12.0 Å². The van der Waals surface area contributed by atoms with E-state index in [4.69, 9.17) is 10.6 Å². The molecule has 2 atom stereocenters. The van der Waals surface area contributed by atoms with Gasteiger partial charge in [0.15, 0.2) is 0 Å². The zero-order chi connectivity index (χ0) is 18.0. The van der Waals surface area contributed by atoms with Gasteiger partial charge in [0.1, 0.15) is 0 Å². The molecule has 0 spiro atoms. The summed E-state index contributed by atoms with van der Waals surface area (Å²) in [6, 6.07) is 5.66. The second kappa shape index (κ2) is 7.25. The smallest absolute Gasteiger partial charge is 0.261 e. The highest BCUT2D eigenvalue weighted by Gasteiger charge is 2.33. The number of nitrogens with zero attached hydrogens (tertiary/aromatic N) is 1. The molecule has 0 saturated carbocycles. The first-order valence-electron chi connectivity index (χ1n) is 8.91. The summed E-state index contributed by atoms with van der Waals surface area (Å²) in [6.07, 6.45) is 3.86. The fraction of sp³-hybridized carbons (Fsp3) is 0.526. The quantitative estimate of drug-likeness (QED) is 0.855. The Kier molecular flexibility index (Phi) is 5.06. The molecule has 0 aromatic heterocycles. The number of amides is 2.